The van der Waals surface area contributed by atoms with Crippen molar-refractivity contribution in [3.63, 3.8) is 0 Å². The lowest BCUT2D eigenvalue weighted by atomic mass is 9.67. The first-order valence-corrected chi connectivity index (χ1v) is 24.3. The molecule has 0 saturated carbocycles. The fraction of sp³-hybridized carbons (Fsp3) is 0.547. The lowest BCUT2D eigenvalue weighted by Crippen LogP contribution is -2.47. The minimum absolute atomic E-state index is 0.0886. The van der Waals surface area contributed by atoms with Crippen molar-refractivity contribution in [2.75, 3.05) is 45.2 Å². The number of carbonyl (C=O) groups excluding carboxylic acids is 3. The maximum absolute atomic E-state index is 16.1. The number of anilines is 1. The smallest absolute Gasteiger partial charge is 0.395 e. The Bertz CT molecular complexity index is 2650. The first-order valence-electron chi connectivity index (χ1n) is 24.3. The topological polar surface area (TPSA) is 127 Å². The Labute approximate surface area is 401 Å². The minimum atomic E-state index is -4.44. The molecule has 4 aromatic rings. The number of aryl methyl sites for hydroxylation is 1. The van der Waals surface area contributed by atoms with Gasteiger partial charge in [0.1, 0.15) is 17.6 Å². The second kappa shape index (κ2) is 19.7. The predicted octanol–water partition coefficient (Wildman–Crippen LogP) is 9.06. The van der Waals surface area contributed by atoms with Gasteiger partial charge in [-0.1, -0.05) is 30.3 Å². The number of hydrogen-bond donors (Lipinski definition) is 2. The Hall–Kier alpha value is -5.48. The van der Waals surface area contributed by atoms with Crippen LogP contribution in [-0.4, -0.2) is 94.4 Å². The Kier molecular flexibility index (Phi) is 14.3. The molecule has 2 N–H and O–H groups in total. The summed E-state index contributed by atoms with van der Waals surface area (Å²) in [4.78, 5) is 55.1. The van der Waals surface area contributed by atoms with Crippen LogP contribution in [0.2, 0.25) is 0 Å². The van der Waals surface area contributed by atoms with E-state index in [-0.39, 0.29) is 60.8 Å². The van der Waals surface area contributed by atoms with Crippen molar-refractivity contribution in [2.24, 2.45) is 18.4 Å². The van der Waals surface area contributed by atoms with E-state index in [1.54, 1.807) is 20.2 Å². The van der Waals surface area contributed by atoms with Crippen LogP contribution in [0, 0.1) is 17.2 Å². The van der Waals surface area contributed by atoms with Crippen molar-refractivity contribution in [2.45, 2.75) is 128 Å². The molecular formula is C53H66F4N6O6. The summed E-state index contributed by atoms with van der Waals surface area (Å²) in [6.45, 7) is 8.49. The molecule has 69 heavy (non-hydrogen) atoms. The van der Waals surface area contributed by atoms with Crippen LogP contribution < -0.4 is 21.1 Å². The van der Waals surface area contributed by atoms with Crippen LogP contribution in [0.5, 0.6) is 5.75 Å². The number of likely N-dealkylation sites (tertiary alicyclic amines) is 1. The van der Waals surface area contributed by atoms with E-state index in [0.29, 0.717) is 80.5 Å². The molecule has 3 atom stereocenters. The van der Waals surface area contributed by atoms with Crippen LogP contribution in [0.4, 0.5) is 23.2 Å². The van der Waals surface area contributed by atoms with Crippen LogP contribution in [0.25, 0.3) is 16.6 Å². The summed E-state index contributed by atoms with van der Waals surface area (Å²) in [5.41, 5.74) is 1.97. The Balaban J connectivity index is 0.881. The third-order valence-corrected chi connectivity index (χ3v) is 15.2. The quantitative estimate of drug-likeness (QED) is 0.0948. The summed E-state index contributed by atoms with van der Waals surface area (Å²) >= 11 is 0. The number of ether oxygens (including phenoxy) is 2. The second-order valence-electron chi connectivity index (χ2n) is 21.0. The number of aromatic nitrogens is 2. The van der Waals surface area contributed by atoms with Gasteiger partial charge in [-0.2, -0.15) is 13.2 Å². The number of carbonyl (C=O) groups is 3. The normalized spacial score (nSPS) is 22.7. The van der Waals surface area contributed by atoms with Gasteiger partial charge in [0.15, 0.2) is 0 Å². The highest BCUT2D eigenvalue weighted by atomic mass is 19.4. The molecule has 372 valence electrons. The molecule has 1 aromatic heterocycles. The zero-order valence-corrected chi connectivity index (χ0v) is 40.6. The molecule has 0 bridgehead atoms. The summed E-state index contributed by atoms with van der Waals surface area (Å²) in [6, 6.07) is 17.9. The molecule has 0 radical (unpaired) electrons. The molecule has 3 amide bonds. The number of methoxy groups -OCH3 is 1. The number of alkyl halides is 3. The van der Waals surface area contributed by atoms with E-state index in [9.17, 15) is 32.3 Å². The number of imidazole rings is 1. The highest BCUT2D eigenvalue weighted by Crippen LogP contribution is 2.46. The van der Waals surface area contributed by atoms with Gasteiger partial charge in [0.05, 0.1) is 29.2 Å². The molecule has 3 aromatic carbocycles. The zero-order valence-electron chi connectivity index (χ0n) is 40.6. The van der Waals surface area contributed by atoms with Gasteiger partial charge in [-0.15, -0.1) is 0 Å². The number of rotatable bonds is 14. The van der Waals surface area contributed by atoms with Crippen molar-refractivity contribution >= 4 is 40.0 Å². The molecule has 3 aliphatic heterocycles. The van der Waals surface area contributed by atoms with Gasteiger partial charge in [0.25, 0.3) is 0 Å². The van der Waals surface area contributed by atoms with E-state index < -0.39 is 35.0 Å². The molecule has 1 unspecified atom stereocenters. The predicted molar refractivity (Wildman–Crippen MR) is 257 cm³/mol. The number of halogens is 4. The van der Waals surface area contributed by atoms with Crippen molar-refractivity contribution in [1.82, 2.24) is 24.3 Å². The number of fused-ring (bicyclic) bond motifs is 1. The van der Waals surface area contributed by atoms with E-state index in [2.05, 4.69) is 24.5 Å². The molecule has 12 nitrogen and oxygen atoms in total. The number of benzene rings is 3. The summed E-state index contributed by atoms with van der Waals surface area (Å²) < 4.78 is 73.7. The number of nitrogens with one attached hydrogen (secondary N) is 2. The fourth-order valence-electron chi connectivity index (χ4n) is 11.2. The fourth-order valence-corrected chi connectivity index (χ4v) is 11.2. The standard InChI is InChI=1S/C53H66F4N6O6/c1-50(2,53(55,56)57)33-61(27-23-52(24-28-69-51(3,4)32-52)37-12-15-40(68-6)16-13-37)31-34-7-17-41(42(54)29-34)35-8-10-36(11-9-35)48(66)62-25-21-38(22-26-62)58-39-14-18-43-45(30-39)60(5)49(67)63(43)44-19-20-46(64)59-47(44)65/h7-8,12-18,29-30,36,38,44,58H,9-11,19-28,31-33H2,1-6H3,(H,59,64,65)/t36-,44?,52+/m0/s1. The molecular weight excluding hydrogens is 893 g/mol. The van der Waals surface area contributed by atoms with Crippen LogP contribution >= 0.6 is 0 Å². The lowest BCUT2D eigenvalue weighted by molar-refractivity contribution is -0.217. The van der Waals surface area contributed by atoms with Crippen molar-refractivity contribution in [3.05, 3.63) is 99.7 Å². The minimum Gasteiger partial charge on any atom is -0.497 e. The highest BCUT2D eigenvalue weighted by Gasteiger charge is 2.49. The molecule has 3 saturated heterocycles. The van der Waals surface area contributed by atoms with E-state index in [0.717, 1.165) is 41.8 Å². The largest absolute Gasteiger partial charge is 0.497 e. The highest BCUT2D eigenvalue weighted by molar-refractivity contribution is 6.00. The number of allylic oxidation sites excluding steroid dienone is 2. The summed E-state index contributed by atoms with van der Waals surface area (Å²) in [5.74, 6) is -0.650. The molecule has 0 spiro atoms. The number of nitrogens with zero attached hydrogens (tertiary/aromatic N) is 4. The Morgan fingerprint density at radius 1 is 0.957 bits per heavy atom. The molecule has 4 heterocycles. The van der Waals surface area contributed by atoms with Crippen LogP contribution in [0.1, 0.15) is 115 Å². The van der Waals surface area contributed by atoms with Crippen LogP contribution in [0.15, 0.2) is 71.5 Å². The average Bonchev–Trinajstić information content (AvgIpc) is 3.55. The first kappa shape index (κ1) is 49.9. The summed E-state index contributed by atoms with van der Waals surface area (Å²) in [5, 5.41) is 5.90. The van der Waals surface area contributed by atoms with Crippen molar-refractivity contribution < 1.29 is 41.4 Å². The zero-order chi connectivity index (χ0) is 49.5. The number of amides is 3. The summed E-state index contributed by atoms with van der Waals surface area (Å²) in [6.07, 6.45) is 3.02. The Morgan fingerprint density at radius 2 is 1.70 bits per heavy atom. The van der Waals surface area contributed by atoms with Gasteiger partial charge in [0.2, 0.25) is 17.7 Å². The molecule has 8 rings (SSSR count). The van der Waals surface area contributed by atoms with Crippen LogP contribution in [0.3, 0.4) is 0 Å². The monoisotopic (exact) mass is 958 g/mol. The maximum atomic E-state index is 16.1. The molecule has 1 aliphatic carbocycles. The second-order valence-corrected chi connectivity index (χ2v) is 21.0. The lowest BCUT2D eigenvalue weighted by Gasteiger charge is -2.46. The number of imide groups is 1. The number of hydrogen-bond acceptors (Lipinski definition) is 8. The summed E-state index contributed by atoms with van der Waals surface area (Å²) in [7, 11) is 3.28. The van der Waals surface area contributed by atoms with Crippen molar-refractivity contribution in [1.29, 1.82) is 0 Å². The van der Waals surface area contributed by atoms with E-state index in [1.807, 2.05) is 64.4 Å². The van der Waals surface area contributed by atoms with Gasteiger partial charge in [-0.05, 0) is 145 Å². The van der Waals surface area contributed by atoms with Crippen molar-refractivity contribution in [3.8, 4) is 5.75 Å². The van der Waals surface area contributed by atoms with E-state index in [1.165, 1.54) is 29.0 Å². The van der Waals surface area contributed by atoms with Gasteiger partial charge >= 0.3 is 11.9 Å². The molecule has 16 heteroatoms. The third-order valence-electron chi connectivity index (χ3n) is 15.2. The number of piperidine rings is 2. The Morgan fingerprint density at radius 3 is 2.33 bits per heavy atom. The molecule has 3 fully saturated rings. The first-order chi connectivity index (χ1) is 32.7. The van der Waals surface area contributed by atoms with Gasteiger partial charge in [-0.3, -0.25) is 33.7 Å². The van der Waals surface area contributed by atoms with E-state index in [4.69, 9.17) is 9.47 Å². The third kappa shape index (κ3) is 10.8. The van der Waals surface area contributed by atoms with Gasteiger partial charge in [0, 0.05) is 74.9 Å². The van der Waals surface area contributed by atoms with E-state index >= 15 is 4.39 Å². The maximum Gasteiger partial charge on any atom is 0.395 e. The average molecular weight is 959 g/mol. The van der Waals surface area contributed by atoms with Crippen LogP contribution in [-0.2, 0) is 38.1 Å². The SMILES string of the molecule is COc1ccc([C@]2(CCN(Cc3ccc(C4=CC[C@H](C(=O)N5CCC(Nc6ccc7c(c6)n(C)c(=O)n7C6CCC(=O)NC6=O)CC5)CC4)c(F)c3)CC(C)(C)C(F)(F)F)CCOC(C)(C)C2)cc1. The van der Waals surface area contributed by atoms with Gasteiger partial charge in [-0.25, -0.2) is 9.18 Å². The molecule has 4 aliphatic rings. The van der Waals surface area contributed by atoms with Gasteiger partial charge < -0.3 is 19.7 Å².